The summed E-state index contributed by atoms with van der Waals surface area (Å²) in [6.45, 7) is 22.3. The molecule has 0 N–H and O–H groups in total. The van der Waals surface area contributed by atoms with Crippen molar-refractivity contribution in [3.05, 3.63) is 53.3 Å². The number of carbonyl (C=O) groups excluding carboxylic acids is 1. The van der Waals surface area contributed by atoms with Gasteiger partial charge in [0, 0.05) is 37.3 Å². The van der Waals surface area contributed by atoms with Crippen molar-refractivity contribution in [2.75, 3.05) is 37.7 Å². The molecule has 1 amide bonds. The van der Waals surface area contributed by atoms with E-state index in [1.165, 1.54) is 6.07 Å². The molecule has 0 aromatic heterocycles. The second-order valence-electron chi connectivity index (χ2n) is 15.1. The lowest BCUT2D eigenvalue weighted by atomic mass is 9.91. The zero-order valence-corrected chi connectivity index (χ0v) is 29.1. The molecule has 2 aromatic rings. The summed E-state index contributed by atoms with van der Waals surface area (Å²) >= 11 is 0. The number of carbonyl (C=O) groups is 1. The molecule has 2 aromatic carbocycles. The maximum absolute atomic E-state index is 14.9. The molecule has 2 aliphatic rings. The number of anilines is 1. The van der Waals surface area contributed by atoms with Gasteiger partial charge in [-0.05, 0) is 94.1 Å². The van der Waals surface area contributed by atoms with E-state index in [1.807, 2.05) is 32.9 Å². The summed E-state index contributed by atoms with van der Waals surface area (Å²) in [6.07, 6.45) is 1.89. The third kappa shape index (κ3) is 8.20. The first kappa shape index (κ1) is 33.9. The topological polar surface area (TPSA) is 75.0 Å². The van der Waals surface area contributed by atoms with Crippen LogP contribution in [0.1, 0.15) is 72.4 Å². The Morgan fingerprint density at radius 3 is 2.36 bits per heavy atom. The van der Waals surface area contributed by atoms with Gasteiger partial charge in [-0.1, -0.05) is 32.9 Å². The lowest BCUT2D eigenvalue weighted by molar-refractivity contribution is -0.0415. The van der Waals surface area contributed by atoms with Gasteiger partial charge in [0.25, 0.3) is 0 Å². The average Bonchev–Trinajstić information content (AvgIpc) is 2.92. The number of hydrogen-bond acceptors (Lipinski definition) is 6. The van der Waals surface area contributed by atoms with E-state index < -0.39 is 19.7 Å². The number of nitriles is 1. The Bertz CT molecular complexity index is 1380. The summed E-state index contributed by atoms with van der Waals surface area (Å²) < 4.78 is 33.4. The molecule has 1 unspecified atom stereocenters. The number of morpholine rings is 1. The van der Waals surface area contributed by atoms with E-state index >= 15 is 0 Å². The van der Waals surface area contributed by atoms with Gasteiger partial charge in [-0.25, -0.2) is 9.18 Å². The van der Waals surface area contributed by atoms with E-state index in [1.54, 1.807) is 11.0 Å². The summed E-state index contributed by atoms with van der Waals surface area (Å²) in [5.41, 5.74) is 3.00. The average molecular weight is 624 g/mol. The fourth-order valence-corrected chi connectivity index (χ4v) is 7.42. The van der Waals surface area contributed by atoms with Crippen molar-refractivity contribution in [2.24, 2.45) is 0 Å². The Balaban J connectivity index is 1.57. The number of ether oxygens (including phenoxy) is 2. The second kappa shape index (κ2) is 12.8. The van der Waals surface area contributed by atoms with Crippen LogP contribution in [0.4, 0.5) is 14.9 Å². The van der Waals surface area contributed by atoms with Crippen LogP contribution in [0, 0.1) is 17.1 Å². The van der Waals surface area contributed by atoms with Crippen molar-refractivity contribution in [1.29, 1.82) is 5.26 Å². The number of hydrogen-bond donors (Lipinski definition) is 0. The van der Waals surface area contributed by atoms with Crippen molar-refractivity contribution >= 4 is 20.1 Å². The van der Waals surface area contributed by atoms with Crippen LogP contribution >= 0.6 is 0 Å². The predicted octanol–water partition coefficient (Wildman–Crippen LogP) is 7.92. The molecule has 9 heteroatoms. The third-order valence-corrected chi connectivity index (χ3v) is 13.8. The number of piperidine rings is 1. The van der Waals surface area contributed by atoms with Gasteiger partial charge in [-0.15, -0.1) is 0 Å². The molecule has 0 radical (unpaired) electrons. The zero-order valence-electron chi connectivity index (χ0n) is 28.1. The van der Waals surface area contributed by atoms with E-state index in [-0.39, 0.29) is 28.4 Å². The van der Waals surface area contributed by atoms with Crippen LogP contribution in [0.15, 0.2) is 36.4 Å². The Hall–Kier alpha value is -2.93. The van der Waals surface area contributed by atoms with E-state index in [2.05, 4.69) is 63.9 Å². The van der Waals surface area contributed by atoms with Crippen LogP contribution in [0.2, 0.25) is 18.1 Å². The van der Waals surface area contributed by atoms with Crippen molar-refractivity contribution in [3.8, 4) is 17.2 Å². The predicted molar refractivity (Wildman–Crippen MR) is 176 cm³/mol. The fourth-order valence-electron chi connectivity index (χ4n) is 5.68. The highest BCUT2D eigenvalue weighted by atomic mass is 28.4. The normalized spacial score (nSPS) is 19.4. The third-order valence-electron chi connectivity index (χ3n) is 9.18. The molecule has 2 aliphatic heterocycles. The minimum atomic E-state index is -1.93. The molecule has 1 atom stereocenters. The number of halogens is 1. The summed E-state index contributed by atoms with van der Waals surface area (Å²) in [7, 11) is -1.93. The maximum atomic E-state index is 14.9. The van der Waals surface area contributed by atoms with Gasteiger partial charge in [0.05, 0.1) is 30.4 Å². The number of amides is 1. The van der Waals surface area contributed by atoms with E-state index in [0.29, 0.717) is 26.1 Å². The van der Waals surface area contributed by atoms with E-state index in [0.717, 1.165) is 48.3 Å². The Morgan fingerprint density at radius 1 is 1.09 bits per heavy atom. The molecule has 2 heterocycles. The molecule has 2 saturated heterocycles. The Morgan fingerprint density at radius 2 is 1.77 bits per heavy atom. The van der Waals surface area contributed by atoms with Crippen molar-refractivity contribution in [1.82, 2.24) is 4.90 Å². The molecule has 0 aliphatic carbocycles. The van der Waals surface area contributed by atoms with Crippen LogP contribution in [0.3, 0.4) is 0 Å². The minimum Gasteiger partial charge on any atom is -0.444 e. The molecular weight excluding hydrogens is 573 g/mol. The van der Waals surface area contributed by atoms with Crippen molar-refractivity contribution < 1.29 is 23.1 Å². The second-order valence-corrected chi connectivity index (χ2v) is 19.8. The first-order valence-electron chi connectivity index (χ1n) is 15.8. The van der Waals surface area contributed by atoms with Gasteiger partial charge in [0.15, 0.2) is 8.32 Å². The van der Waals surface area contributed by atoms with Crippen LogP contribution in [-0.2, 0) is 20.3 Å². The summed E-state index contributed by atoms with van der Waals surface area (Å²) in [5, 5.41) is 9.45. The quantitative estimate of drug-likeness (QED) is 0.304. The number of benzene rings is 2. The van der Waals surface area contributed by atoms with Crippen LogP contribution < -0.4 is 4.90 Å². The lowest BCUT2D eigenvalue weighted by Gasteiger charge is -2.48. The molecule has 44 heavy (non-hydrogen) atoms. The number of rotatable bonds is 6. The van der Waals surface area contributed by atoms with Gasteiger partial charge < -0.3 is 23.7 Å². The smallest absolute Gasteiger partial charge is 0.410 e. The molecular formula is C35H50FN3O4Si. The maximum Gasteiger partial charge on any atom is 0.410 e. The summed E-state index contributed by atoms with van der Waals surface area (Å²) in [4.78, 5) is 16.8. The molecule has 0 saturated carbocycles. The first-order valence-corrected chi connectivity index (χ1v) is 18.7. The van der Waals surface area contributed by atoms with E-state index in [4.69, 9.17) is 13.9 Å². The van der Waals surface area contributed by atoms with Crippen molar-refractivity contribution in [2.45, 2.75) is 103 Å². The standard InChI is InChI=1S/C35H50FN3O4Si/c1-33(2,3)42-32(40)39-18-19-41-28(24-39)20-25-10-13-31(29(21-25)26-11-12-27(23-37)30(36)22-26)38-16-14-35(7,15-17-38)43-44(8,9)34(4,5)6/h10-13,21-22,28H,14-20,24H2,1-9H3. The molecule has 0 bridgehead atoms. The lowest BCUT2D eigenvalue weighted by Crippen LogP contribution is -2.53. The molecule has 7 nitrogen and oxygen atoms in total. The Labute approximate surface area is 264 Å². The summed E-state index contributed by atoms with van der Waals surface area (Å²) in [5.74, 6) is -0.529. The highest BCUT2D eigenvalue weighted by Crippen LogP contribution is 2.43. The molecule has 4 rings (SSSR count). The summed E-state index contributed by atoms with van der Waals surface area (Å²) in [6, 6.07) is 13.1. The highest BCUT2D eigenvalue weighted by molar-refractivity contribution is 6.74. The minimum absolute atomic E-state index is 0.0285. The first-order chi connectivity index (χ1) is 20.4. The monoisotopic (exact) mass is 623 g/mol. The van der Waals surface area contributed by atoms with Gasteiger partial charge in [-0.3, -0.25) is 0 Å². The van der Waals surface area contributed by atoms with Gasteiger partial charge in [0.2, 0.25) is 0 Å². The van der Waals surface area contributed by atoms with Crippen LogP contribution in [-0.4, -0.2) is 69.4 Å². The number of nitrogens with zero attached hydrogens (tertiary/aromatic N) is 3. The molecule has 240 valence electrons. The van der Waals surface area contributed by atoms with Gasteiger partial charge >= 0.3 is 6.09 Å². The van der Waals surface area contributed by atoms with Crippen LogP contribution in [0.5, 0.6) is 0 Å². The Kier molecular flexibility index (Phi) is 9.89. The van der Waals surface area contributed by atoms with E-state index in [9.17, 15) is 14.4 Å². The SMILES string of the molecule is CC(C)(C)OC(=O)N1CCOC(Cc2ccc(N3CCC(C)(O[Si](C)(C)C(C)(C)C)CC3)c(-c3ccc(C#N)c(F)c3)c2)C1. The highest BCUT2D eigenvalue weighted by Gasteiger charge is 2.44. The molecule has 0 spiro atoms. The zero-order chi connectivity index (χ0) is 32.5. The molecule has 2 fully saturated rings. The van der Waals surface area contributed by atoms with Crippen molar-refractivity contribution in [3.63, 3.8) is 0 Å². The van der Waals surface area contributed by atoms with Crippen LogP contribution in [0.25, 0.3) is 11.1 Å². The largest absolute Gasteiger partial charge is 0.444 e. The van der Waals surface area contributed by atoms with Gasteiger partial charge in [0.1, 0.15) is 17.5 Å². The van der Waals surface area contributed by atoms with Gasteiger partial charge in [-0.2, -0.15) is 5.26 Å². The fraction of sp³-hybridized carbons (Fsp3) is 0.600.